The lowest BCUT2D eigenvalue weighted by atomic mass is 10.0. The first-order valence-corrected chi connectivity index (χ1v) is 7.28. The van der Waals surface area contributed by atoms with Gasteiger partial charge in [0.15, 0.2) is 0 Å². The van der Waals surface area contributed by atoms with E-state index in [0.717, 1.165) is 38.1 Å². The molecule has 1 heterocycles. The smallest absolute Gasteiger partial charge is 0.0603 e. The SMILES string of the molecule is CC[C@H]1CC[C@H](CSN2CCOCC2)C1. The Labute approximate surface area is 97.9 Å². The fourth-order valence-corrected chi connectivity index (χ4v) is 3.72. The fourth-order valence-electron chi connectivity index (χ4n) is 2.59. The van der Waals surface area contributed by atoms with Gasteiger partial charge in [-0.25, -0.2) is 4.31 Å². The van der Waals surface area contributed by atoms with Crippen molar-refractivity contribution in [1.82, 2.24) is 4.31 Å². The molecule has 0 N–H and O–H groups in total. The summed E-state index contributed by atoms with van der Waals surface area (Å²) in [6.45, 7) is 6.43. The second-order valence-electron chi connectivity index (χ2n) is 4.79. The van der Waals surface area contributed by atoms with Gasteiger partial charge in [0.25, 0.3) is 0 Å². The zero-order valence-corrected chi connectivity index (χ0v) is 10.6. The zero-order chi connectivity index (χ0) is 10.5. The molecule has 2 rings (SSSR count). The molecule has 0 unspecified atom stereocenters. The molecule has 0 bridgehead atoms. The molecule has 0 aromatic carbocycles. The molecule has 2 fully saturated rings. The van der Waals surface area contributed by atoms with Crippen LogP contribution in [0, 0.1) is 11.8 Å². The first-order valence-electron chi connectivity index (χ1n) is 6.34. The number of morpholine rings is 1. The van der Waals surface area contributed by atoms with Crippen molar-refractivity contribution in [3.8, 4) is 0 Å². The van der Waals surface area contributed by atoms with Crippen LogP contribution in [0.1, 0.15) is 32.6 Å². The van der Waals surface area contributed by atoms with Crippen LogP contribution < -0.4 is 0 Å². The van der Waals surface area contributed by atoms with Crippen molar-refractivity contribution in [3.05, 3.63) is 0 Å². The number of ether oxygens (including phenoxy) is 1. The molecule has 0 spiro atoms. The van der Waals surface area contributed by atoms with Crippen molar-refractivity contribution in [2.24, 2.45) is 11.8 Å². The Hall–Kier alpha value is 0.270. The maximum absolute atomic E-state index is 5.35. The summed E-state index contributed by atoms with van der Waals surface area (Å²) in [7, 11) is 0. The van der Waals surface area contributed by atoms with Crippen molar-refractivity contribution in [3.63, 3.8) is 0 Å². The van der Waals surface area contributed by atoms with E-state index in [1.807, 2.05) is 0 Å². The first kappa shape index (κ1) is 11.7. The van der Waals surface area contributed by atoms with E-state index in [9.17, 15) is 0 Å². The molecule has 0 aromatic rings. The molecule has 0 aromatic heterocycles. The summed E-state index contributed by atoms with van der Waals surface area (Å²) < 4.78 is 7.84. The monoisotopic (exact) mass is 229 g/mol. The van der Waals surface area contributed by atoms with Gasteiger partial charge in [-0.1, -0.05) is 31.7 Å². The summed E-state index contributed by atoms with van der Waals surface area (Å²) in [6, 6.07) is 0. The minimum Gasteiger partial charge on any atom is -0.379 e. The van der Waals surface area contributed by atoms with E-state index in [1.54, 1.807) is 0 Å². The molecule has 2 aliphatic rings. The Bertz CT molecular complexity index is 182. The summed E-state index contributed by atoms with van der Waals surface area (Å²) in [4.78, 5) is 0. The van der Waals surface area contributed by atoms with E-state index in [0.29, 0.717) is 0 Å². The molecule has 1 saturated heterocycles. The number of rotatable bonds is 4. The molecular formula is C12H23NOS. The summed E-state index contributed by atoms with van der Waals surface area (Å²) in [6.07, 6.45) is 5.81. The summed E-state index contributed by atoms with van der Waals surface area (Å²) in [5.41, 5.74) is 0. The van der Waals surface area contributed by atoms with Crippen molar-refractivity contribution < 1.29 is 4.74 Å². The van der Waals surface area contributed by atoms with Crippen LogP contribution in [0.4, 0.5) is 0 Å². The maximum Gasteiger partial charge on any atom is 0.0603 e. The van der Waals surface area contributed by atoms with Crippen molar-refractivity contribution in [2.75, 3.05) is 32.1 Å². The molecular weight excluding hydrogens is 206 g/mol. The lowest BCUT2D eigenvalue weighted by molar-refractivity contribution is 0.0772. The van der Waals surface area contributed by atoms with Crippen molar-refractivity contribution >= 4 is 11.9 Å². The first-order chi connectivity index (χ1) is 7.38. The standard InChI is InChI=1S/C12H23NOS/c1-2-11-3-4-12(9-11)10-15-13-5-7-14-8-6-13/h11-12H,2-10H2,1H3/t11-,12-/m0/s1. The van der Waals surface area contributed by atoms with Crippen LogP contribution in [-0.2, 0) is 4.74 Å². The molecule has 1 aliphatic heterocycles. The number of hydrogen-bond acceptors (Lipinski definition) is 3. The van der Waals surface area contributed by atoms with E-state index in [1.165, 1.54) is 31.4 Å². The van der Waals surface area contributed by atoms with Crippen LogP contribution in [0.2, 0.25) is 0 Å². The Morgan fingerprint density at radius 2 is 1.93 bits per heavy atom. The van der Waals surface area contributed by atoms with Crippen LogP contribution in [0.25, 0.3) is 0 Å². The van der Waals surface area contributed by atoms with Crippen LogP contribution in [0.15, 0.2) is 0 Å². The van der Waals surface area contributed by atoms with E-state index in [4.69, 9.17) is 4.74 Å². The maximum atomic E-state index is 5.35. The van der Waals surface area contributed by atoms with E-state index in [2.05, 4.69) is 23.2 Å². The average molecular weight is 229 g/mol. The van der Waals surface area contributed by atoms with E-state index < -0.39 is 0 Å². The molecule has 88 valence electrons. The summed E-state index contributed by atoms with van der Waals surface area (Å²) in [5.74, 6) is 3.36. The summed E-state index contributed by atoms with van der Waals surface area (Å²) in [5, 5.41) is 0. The van der Waals surface area contributed by atoms with Crippen LogP contribution in [0.5, 0.6) is 0 Å². The van der Waals surface area contributed by atoms with Gasteiger partial charge in [-0.15, -0.1) is 0 Å². The van der Waals surface area contributed by atoms with Gasteiger partial charge in [-0.2, -0.15) is 0 Å². The minimum absolute atomic E-state index is 0.926. The van der Waals surface area contributed by atoms with Crippen molar-refractivity contribution in [1.29, 1.82) is 0 Å². The van der Waals surface area contributed by atoms with Crippen LogP contribution >= 0.6 is 11.9 Å². The topological polar surface area (TPSA) is 12.5 Å². The average Bonchev–Trinajstić information content (AvgIpc) is 2.76. The lowest BCUT2D eigenvalue weighted by Crippen LogP contribution is -2.31. The van der Waals surface area contributed by atoms with E-state index >= 15 is 0 Å². The molecule has 1 aliphatic carbocycles. The highest BCUT2D eigenvalue weighted by atomic mass is 32.2. The van der Waals surface area contributed by atoms with Gasteiger partial charge in [-0.05, 0) is 24.7 Å². The third kappa shape index (κ3) is 3.65. The second-order valence-corrected chi connectivity index (χ2v) is 5.90. The molecule has 2 nitrogen and oxygen atoms in total. The Balaban J connectivity index is 1.61. The normalized spacial score (nSPS) is 33.4. The van der Waals surface area contributed by atoms with Gasteiger partial charge < -0.3 is 4.74 Å². The predicted octanol–water partition coefficient (Wildman–Crippen LogP) is 2.79. The highest BCUT2D eigenvalue weighted by Crippen LogP contribution is 2.35. The molecule has 0 amide bonds. The highest BCUT2D eigenvalue weighted by Gasteiger charge is 2.24. The minimum atomic E-state index is 0.926. The Morgan fingerprint density at radius 1 is 1.20 bits per heavy atom. The fraction of sp³-hybridized carbons (Fsp3) is 1.00. The quantitative estimate of drug-likeness (QED) is 0.688. The molecule has 15 heavy (non-hydrogen) atoms. The van der Waals surface area contributed by atoms with Gasteiger partial charge in [0.05, 0.1) is 13.2 Å². The van der Waals surface area contributed by atoms with E-state index in [-0.39, 0.29) is 0 Å². The molecule has 3 heteroatoms. The van der Waals surface area contributed by atoms with Crippen molar-refractivity contribution in [2.45, 2.75) is 32.6 Å². The van der Waals surface area contributed by atoms with Gasteiger partial charge in [-0.3, -0.25) is 0 Å². The zero-order valence-electron chi connectivity index (χ0n) is 9.78. The second kappa shape index (κ2) is 6.12. The van der Waals surface area contributed by atoms with Gasteiger partial charge >= 0.3 is 0 Å². The number of hydrogen-bond donors (Lipinski definition) is 0. The Kier molecular flexibility index (Phi) is 4.79. The highest BCUT2D eigenvalue weighted by molar-refractivity contribution is 7.97. The lowest BCUT2D eigenvalue weighted by Gasteiger charge is -2.26. The molecule has 1 saturated carbocycles. The molecule has 2 atom stereocenters. The Morgan fingerprint density at radius 3 is 2.60 bits per heavy atom. The van der Waals surface area contributed by atoms with Gasteiger partial charge in [0.2, 0.25) is 0 Å². The largest absolute Gasteiger partial charge is 0.379 e. The summed E-state index contributed by atoms with van der Waals surface area (Å²) >= 11 is 2.06. The van der Waals surface area contributed by atoms with Gasteiger partial charge in [0.1, 0.15) is 0 Å². The predicted molar refractivity (Wildman–Crippen MR) is 66.0 cm³/mol. The van der Waals surface area contributed by atoms with Gasteiger partial charge in [0, 0.05) is 18.8 Å². The number of nitrogens with zero attached hydrogens (tertiary/aromatic N) is 1. The van der Waals surface area contributed by atoms with Crippen LogP contribution in [0.3, 0.4) is 0 Å². The van der Waals surface area contributed by atoms with Crippen LogP contribution in [-0.4, -0.2) is 36.4 Å². The molecule has 0 radical (unpaired) electrons. The third-order valence-electron chi connectivity index (χ3n) is 3.69. The third-order valence-corrected chi connectivity index (χ3v) is 5.04.